The Morgan fingerprint density at radius 1 is 1.11 bits per heavy atom. The predicted octanol–water partition coefficient (Wildman–Crippen LogP) is 4.17. The number of carbonyl (C=O) groups excluding carboxylic acids is 1. The van der Waals surface area contributed by atoms with E-state index < -0.39 is 0 Å². The number of allylic oxidation sites excluding steroid dienone is 2. The summed E-state index contributed by atoms with van der Waals surface area (Å²) < 4.78 is 0. The Labute approximate surface area is 109 Å². The molecular weight excluding hydrogens is 220 g/mol. The minimum Gasteiger partial charge on any atom is -0.303 e. The van der Waals surface area contributed by atoms with Crippen molar-refractivity contribution in [2.24, 2.45) is 5.92 Å². The van der Waals surface area contributed by atoms with E-state index in [1.54, 1.807) is 5.57 Å². The third-order valence-corrected chi connectivity index (χ3v) is 4.67. The highest BCUT2D eigenvalue weighted by molar-refractivity contribution is 5.62. The Balaban J connectivity index is 2.01. The predicted molar refractivity (Wildman–Crippen MR) is 73.6 cm³/mol. The number of rotatable bonds is 2. The zero-order valence-electron chi connectivity index (χ0n) is 11.0. The van der Waals surface area contributed by atoms with Crippen LogP contribution in [0.15, 0.2) is 35.4 Å². The standard InChI is InChI=1S/C17H20O/c1-12-5-2-3-6-14(12)16-8-4-7-15-13(11-18)9-10-17(15)16/h2-3,5-6,11,13,16H,4,7-10H2,1H3. The molecule has 0 saturated carbocycles. The Bertz CT molecular complexity index is 498. The molecule has 0 heterocycles. The highest BCUT2D eigenvalue weighted by atomic mass is 16.1. The van der Waals surface area contributed by atoms with Crippen LogP contribution in [0.3, 0.4) is 0 Å². The summed E-state index contributed by atoms with van der Waals surface area (Å²) in [7, 11) is 0. The van der Waals surface area contributed by atoms with E-state index in [-0.39, 0.29) is 5.92 Å². The van der Waals surface area contributed by atoms with Crippen LogP contribution < -0.4 is 0 Å². The van der Waals surface area contributed by atoms with Crippen molar-refractivity contribution in [3.8, 4) is 0 Å². The largest absolute Gasteiger partial charge is 0.303 e. The van der Waals surface area contributed by atoms with E-state index in [0.29, 0.717) is 5.92 Å². The summed E-state index contributed by atoms with van der Waals surface area (Å²) in [6.45, 7) is 2.20. The summed E-state index contributed by atoms with van der Waals surface area (Å²) >= 11 is 0. The van der Waals surface area contributed by atoms with Crippen LogP contribution in [-0.4, -0.2) is 6.29 Å². The van der Waals surface area contributed by atoms with Gasteiger partial charge in [0.25, 0.3) is 0 Å². The number of aldehydes is 1. The maximum absolute atomic E-state index is 11.1. The van der Waals surface area contributed by atoms with Gasteiger partial charge in [0, 0.05) is 11.8 Å². The van der Waals surface area contributed by atoms with Crippen molar-refractivity contribution in [2.45, 2.75) is 44.9 Å². The van der Waals surface area contributed by atoms with Crippen molar-refractivity contribution < 1.29 is 4.79 Å². The van der Waals surface area contributed by atoms with Crippen LogP contribution in [0.25, 0.3) is 0 Å². The van der Waals surface area contributed by atoms with Crippen molar-refractivity contribution in [1.29, 1.82) is 0 Å². The number of aryl methyl sites for hydroxylation is 1. The van der Waals surface area contributed by atoms with Gasteiger partial charge in [-0.15, -0.1) is 0 Å². The van der Waals surface area contributed by atoms with Gasteiger partial charge in [0.15, 0.2) is 0 Å². The van der Waals surface area contributed by atoms with E-state index in [9.17, 15) is 4.79 Å². The molecule has 2 aliphatic rings. The molecule has 0 fully saturated rings. The molecule has 0 bridgehead atoms. The van der Waals surface area contributed by atoms with Gasteiger partial charge in [0.05, 0.1) is 0 Å². The minimum atomic E-state index is 0.229. The van der Waals surface area contributed by atoms with E-state index in [2.05, 4.69) is 31.2 Å². The fourth-order valence-corrected chi connectivity index (χ4v) is 3.77. The summed E-state index contributed by atoms with van der Waals surface area (Å²) in [5, 5.41) is 0. The molecule has 1 aromatic carbocycles. The van der Waals surface area contributed by atoms with Crippen LogP contribution in [0.2, 0.25) is 0 Å². The summed E-state index contributed by atoms with van der Waals surface area (Å²) in [5.41, 5.74) is 5.94. The molecule has 1 nitrogen and oxygen atoms in total. The Hall–Kier alpha value is -1.37. The molecular formula is C17H20O. The molecule has 18 heavy (non-hydrogen) atoms. The molecule has 0 spiro atoms. The Morgan fingerprint density at radius 3 is 2.72 bits per heavy atom. The second-order valence-electron chi connectivity index (χ2n) is 5.63. The number of carbonyl (C=O) groups is 1. The van der Waals surface area contributed by atoms with E-state index in [1.165, 1.54) is 35.8 Å². The third kappa shape index (κ3) is 1.82. The van der Waals surface area contributed by atoms with Crippen molar-refractivity contribution in [2.75, 3.05) is 0 Å². The van der Waals surface area contributed by atoms with Crippen molar-refractivity contribution in [3.05, 3.63) is 46.5 Å². The molecule has 0 aliphatic heterocycles. The molecule has 3 rings (SSSR count). The van der Waals surface area contributed by atoms with Crippen LogP contribution in [0.1, 0.15) is 49.1 Å². The Kier molecular flexibility index (Phi) is 3.07. The van der Waals surface area contributed by atoms with Gasteiger partial charge in [-0.25, -0.2) is 0 Å². The van der Waals surface area contributed by atoms with Gasteiger partial charge < -0.3 is 4.79 Å². The minimum absolute atomic E-state index is 0.229. The highest BCUT2D eigenvalue weighted by Crippen LogP contribution is 2.47. The second-order valence-corrected chi connectivity index (χ2v) is 5.63. The molecule has 2 unspecified atom stereocenters. The number of hydrogen-bond donors (Lipinski definition) is 0. The molecule has 1 aromatic rings. The lowest BCUT2D eigenvalue weighted by Gasteiger charge is -2.27. The summed E-state index contributed by atoms with van der Waals surface area (Å²) in [6, 6.07) is 8.73. The average molecular weight is 240 g/mol. The number of benzene rings is 1. The smallest absolute Gasteiger partial charge is 0.127 e. The highest BCUT2D eigenvalue weighted by Gasteiger charge is 2.33. The summed E-state index contributed by atoms with van der Waals surface area (Å²) in [5.74, 6) is 0.812. The second kappa shape index (κ2) is 4.72. The van der Waals surface area contributed by atoms with E-state index >= 15 is 0 Å². The summed E-state index contributed by atoms with van der Waals surface area (Å²) in [4.78, 5) is 11.1. The molecule has 0 radical (unpaired) electrons. The zero-order valence-corrected chi connectivity index (χ0v) is 11.0. The Morgan fingerprint density at radius 2 is 1.94 bits per heavy atom. The molecule has 0 saturated heterocycles. The van der Waals surface area contributed by atoms with Crippen molar-refractivity contribution in [1.82, 2.24) is 0 Å². The van der Waals surface area contributed by atoms with E-state index in [0.717, 1.165) is 19.3 Å². The quantitative estimate of drug-likeness (QED) is 0.560. The molecule has 2 aliphatic carbocycles. The lowest BCUT2D eigenvalue weighted by atomic mass is 9.77. The van der Waals surface area contributed by atoms with Gasteiger partial charge >= 0.3 is 0 Å². The first-order valence-electron chi connectivity index (χ1n) is 7.04. The number of hydrogen-bond acceptors (Lipinski definition) is 1. The normalized spacial score (nSPS) is 27.2. The van der Waals surface area contributed by atoms with Gasteiger partial charge in [-0.05, 0) is 50.2 Å². The van der Waals surface area contributed by atoms with Gasteiger partial charge in [0.2, 0.25) is 0 Å². The first-order chi connectivity index (χ1) is 8.81. The fraction of sp³-hybridized carbons (Fsp3) is 0.471. The van der Waals surface area contributed by atoms with Crippen LogP contribution in [-0.2, 0) is 4.79 Å². The first kappa shape index (κ1) is 11.7. The van der Waals surface area contributed by atoms with Crippen molar-refractivity contribution in [3.63, 3.8) is 0 Å². The lowest BCUT2D eigenvalue weighted by Crippen LogP contribution is -2.11. The maximum atomic E-state index is 11.1. The van der Waals surface area contributed by atoms with Crippen LogP contribution >= 0.6 is 0 Å². The third-order valence-electron chi connectivity index (χ3n) is 4.67. The summed E-state index contributed by atoms with van der Waals surface area (Å²) in [6.07, 6.45) is 7.01. The molecule has 0 aromatic heterocycles. The van der Waals surface area contributed by atoms with E-state index in [1.807, 2.05) is 0 Å². The van der Waals surface area contributed by atoms with Crippen LogP contribution in [0.5, 0.6) is 0 Å². The lowest BCUT2D eigenvalue weighted by molar-refractivity contribution is -0.110. The maximum Gasteiger partial charge on any atom is 0.127 e. The first-order valence-corrected chi connectivity index (χ1v) is 7.04. The van der Waals surface area contributed by atoms with E-state index in [4.69, 9.17) is 0 Å². The van der Waals surface area contributed by atoms with Crippen LogP contribution in [0, 0.1) is 12.8 Å². The molecule has 1 heteroatoms. The zero-order chi connectivity index (χ0) is 12.5. The SMILES string of the molecule is Cc1ccccc1C1CCCC2=C1CCC2C=O. The van der Waals surface area contributed by atoms with Gasteiger partial charge in [-0.2, -0.15) is 0 Å². The van der Waals surface area contributed by atoms with Crippen LogP contribution in [0.4, 0.5) is 0 Å². The van der Waals surface area contributed by atoms with Gasteiger partial charge in [0.1, 0.15) is 6.29 Å². The monoisotopic (exact) mass is 240 g/mol. The topological polar surface area (TPSA) is 17.1 Å². The molecule has 2 atom stereocenters. The van der Waals surface area contributed by atoms with Gasteiger partial charge in [-0.3, -0.25) is 0 Å². The molecule has 94 valence electrons. The molecule has 0 amide bonds. The molecule has 0 N–H and O–H groups in total. The van der Waals surface area contributed by atoms with Gasteiger partial charge in [-0.1, -0.05) is 35.4 Å². The fourth-order valence-electron chi connectivity index (χ4n) is 3.77. The van der Waals surface area contributed by atoms with Crippen molar-refractivity contribution >= 4 is 6.29 Å². The average Bonchev–Trinajstić information content (AvgIpc) is 2.82.